The Kier molecular flexibility index (Phi) is 9.06. The van der Waals surface area contributed by atoms with Crippen molar-refractivity contribution in [2.75, 3.05) is 38.4 Å². The molecule has 0 fully saturated rings. The van der Waals surface area contributed by atoms with Crippen LogP contribution in [-0.2, 0) is 14.8 Å². The molecule has 0 aliphatic rings. The van der Waals surface area contributed by atoms with Gasteiger partial charge in [0.15, 0.2) is 5.16 Å². The molecule has 0 aliphatic heterocycles. The van der Waals surface area contributed by atoms with Gasteiger partial charge in [-0.3, -0.25) is 9.36 Å². The molecule has 0 saturated carbocycles. The summed E-state index contributed by atoms with van der Waals surface area (Å²) in [4.78, 5) is 17.7. The van der Waals surface area contributed by atoms with E-state index < -0.39 is 10.0 Å². The average molecular weight is 589 g/mol. The highest BCUT2D eigenvalue weighted by Gasteiger charge is 2.24. The van der Waals surface area contributed by atoms with Gasteiger partial charge in [-0.25, -0.2) is 13.4 Å². The average Bonchev–Trinajstić information content (AvgIpc) is 3.30. The Morgan fingerprint density at radius 2 is 1.74 bits per heavy atom. The second-order valence-corrected chi connectivity index (χ2v) is 11.6. The standard InChI is InChI=1S/C27H29ClN4O5S2/c1-5-31(6-2)39(34,35)19-12-13-22-21(16-19)30-27(32(22)23-9-7-8-10-25(23)37-4)38-17-26(33)29-18-11-14-24(36-3)20(28)15-18/h7-16H,5-6,17H2,1-4H3,(H,29,33). The number of halogens is 1. The first kappa shape index (κ1) is 28.8. The summed E-state index contributed by atoms with van der Waals surface area (Å²) in [5, 5.41) is 3.72. The third-order valence-electron chi connectivity index (χ3n) is 6.03. The van der Waals surface area contributed by atoms with E-state index in [0.29, 0.717) is 57.2 Å². The zero-order chi connectivity index (χ0) is 28.2. The number of aromatic nitrogens is 2. The van der Waals surface area contributed by atoms with Crippen LogP contribution in [0.1, 0.15) is 13.8 Å². The summed E-state index contributed by atoms with van der Waals surface area (Å²) in [6, 6.07) is 17.3. The van der Waals surface area contributed by atoms with Gasteiger partial charge in [-0.15, -0.1) is 0 Å². The molecule has 0 radical (unpaired) electrons. The predicted molar refractivity (Wildman–Crippen MR) is 155 cm³/mol. The summed E-state index contributed by atoms with van der Waals surface area (Å²) in [5.41, 5.74) is 2.42. The van der Waals surface area contributed by atoms with Crippen LogP contribution in [0.4, 0.5) is 5.69 Å². The fourth-order valence-electron chi connectivity index (χ4n) is 4.13. The summed E-state index contributed by atoms with van der Waals surface area (Å²) >= 11 is 7.40. The van der Waals surface area contributed by atoms with Crippen molar-refractivity contribution in [3.63, 3.8) is 0 Å². The molecule has 1 amide bonds. The van der Waals surface area contributed by atoms with Gasteiger partial charge in [0, 0.05) is 18.8 Å². The van der Waals surface area contributed by atoms with E-state index in [9.17, 15) is 13.2 Å². The first-order valence-electron chi connectivity index (χ1n) is 12.2. The molecule has 4 rings (SSSR count). The van der Waals surface area contributed by atoms with E-state index in [1.807, 2.05) is 28.8 Å². The van der Waals surface area contributed by atoms with Crippen LogP contribution in [0.5, 0.6) is 11.5 Å². The molecule has 0 atom stereocenters. The number of anilines is 1. The lowest BCUT2D eigenvalue weighted by Gasteiger charge is -2.18. The van der Waals surface area contributed by atoms with Crippen molar-refractivity contribution < 1.29 is 22.7 Å². The second kappa shape index (κ2) is 12.3. The van der Waals surface area contributed by atoms with Crippen LogP contribution < -0.4 is 14.8 Å². The van der Waals surface area contributed by atoms with Gasteiger partial charge in [0.25, 0.3) is 0 Å². The van der Waals surface area contributed by atoms with Gasteiger partial charge in [-0.1, -0.05) is 49.3 Å². The van der Waals surface area contributed by atoms with Gasteiger partial charge in [0.05, 0.1) is 46.6 Å². The molecule has 39 heavy (non-hydrogen) atoms. The summed E-state index contributed by atoms with van der Waals surface area (Å²) < 4.78 is 40.3. The number of rotatable bonds is 11. The third kappa shape index (κ3) is 6.01. The number of amides is 1. The van der Waals surface area contributed by atoms with Crippen LogP contribution in [0.2, 0.25) is 5.02 Å². The smallest absolute Gasteiger partial charge is 0.243 e. The van der Waals surface area contributed by atoms with Crippen LogP contribution in [0.3, 0.4) is 0 Å². The molecule has 0 bridgehead atoms. The first-order chi connectivity index (χ1) is 18.7. The van der Waals surface area contributed by atoms with Crippen molar-refractivity contribution in [2.24, 2.45) is 0 Å². The minimum atomic E-state index is -3.67. The number of carbonyl (C=O) groups is 1. The molecule has 0 spiro atoms. The molecular weight excluding hydrogens is 560 g/mol. The number of fused-ring (bicyclic) bond motifs is 1. The number of hydrogen-bond donors (Lipinski definition) is 1. The van der Waals surface area contributed by atoms with E-state index in [2.05, 4.69) is 5.32 Å². The van der Waals surface area contributed by atoms with Gasteiger partial charge < -0.3 is 14.8 Å². The molecular formula is C27H29ClN4O5S2. The zero-order valence-electron chi connectivity index (χ0n) is 22.0. The van der Waals surface area contributed by atoms with E-state index in [0.717, 1.165) is 0 Å². The fraction of sp³-hybridized carbons (Fsp3) is 0.259. The number of hydrogen-bond acceptors (Lipinski definition) is 7. The van der Waals surface area contributed by atoms with Crippen molar-refractivity contribution in [1.29, 1.82) is 0 Å². The Hall–Kier alpha value is -3.25. The summed E-state index contributed by atoms with van der Waals surface area (Å²) in [7, 11) is -0.578. The van der Waals surface area contributed by atoms with Gasteiger partial charge in [-0.2, -0.15) is 4.31 Å². The Balaban J connectivity index is 1.70. The molecule has 1 heterocycles. The molecule has 12 heteroatoms. The minimum absolute atomic E-state index is 0.0483. The van der Waals surface area contributed by atoms with E-state index in [1.54, 1.807) is 57.4 Å². The molecule has 0 saturated heterocycles. The van der Waals surface area contributed by atoms with Gasteiger partial charge in [0.1, 0.15) is 11.5 Å². The molecule has 1 N–H and O–H groups in total. The zero-order valence-corrected chi connectivity index (χ0v) is 24.4. The topological polar surface area (TPSA) is 103 Å². The molecule has 1 aromatic heterocycles. The van der Waals surface area contributed by atoms with Gasteiger partial charge >= 0.3 is 0 Å². The normalized spacial score (nSPS) is 11.6. The molecule has 9 nitrogen and oxygen atoms in total. The maximum Gasteiger partial charge on any atom is 0.243 e. The maximum absolute atomic E-state index is 13.1. The monoisotopic (exact) mass is 588 g/mol. The summed E-state index contributed by atoms with van der Waals surface area (Å²) in [5.74, 6) is 0.907. The highest BCUT2D eigenvalue weighted by atomic mass is 35.5. The van der Waals surface area contributed by atoms with Crippen molar-refractivity contribution >= 4 is 56.0 Å². The molecule has 0 unspecified atom stereocenters. The van der Waals surface area contributed by atoms with Crippen LogP contribution >= 0.6 is 23.4 Å². The molecule has 0 aliphatic carbocycles. The van der Waals surface area contributed by atoms with E-state index >= 15 is 0 Å². The van der Waals surface area contributed by atoms with Crippen molar-refractivity contribution in [3.8, 4) is 17.2 Å². The van der Waals surface area contributed by atoms with Crippen LogP contribution in [0, 0.1) is 0 Å². The Morgan fingerprint density at radius 3 is 2.41 bits per heavy atom. The molecule has 3 aromatic carbocycles. The van der Waals surface area contributed by atoms with Crippen molar-refractivity contribution in [3.05, 3.63) is 65.7 Å². The number of sulfonamides is 1. The highest BCUT2D eigenvalue weighted by Crippen LogP contribution is 2.34. The quantitative estimate of drug-likeness (QED) is 0.232. The molecule has 206 valence electrons. The van der Waals surface area contributed by atoms with Crippen molar-refractivity contribution in [2.45, 2.75) is 23.9 Å². The second-order valence-electron chi connectivity index (χ2n) is 8.33. The van der Waals surface area contributed by atoms with E-state index in [4.69, 9.17) is 26.1 Å². The number of imidazole rings is 1. The van der Waals surface area contributed by atoms with Crippen LogP contribution in [0.15, 0.2) is 70.7 Å². The van der Waals surface area contributed by atoms with Gasteiger partial charge in [-0.05, 0) is 48.5 Å². The minimum Gasteiger partial charge on any atom is -0.495 e. The number of nitrogens with zero attached hydrogens (tertiary/aromatic N) is 3. The number of para-hydroxylation sites is 2. The number of carbonyl (C=O) groups excluding carboxylic acids is 1. The number of ether oxygens (including phenoxy) is 2. The third-order valence-corrected chi connectivity index (χ3v) is 9.31. The Labute approximate surface area is 237 Å². The first-order valence-corrected chi connectivity index (χ1v) is 15.0. The SMILES string of the molecule is CCN(CC)S(=O)(=O)c1ccc2c(c1)nc(SCC(=O)Nc1ccc(OC)c(Cl)c1)n2-c1ccccc1OC. The number of benzene rings is 3. The fourth-order valence-corrected chi connectivity index (χ4v) is 6.68. The highest BCUT2D eigenvalue weighted by molar-refractivity contribution is 7.99. The van der Waals surface area contributed by atoms with Gasteiger partial charge in [0.2, 0.25) is 15.9 Å². The maximum atomic E-state index is 13.1. The lowest BCUT2D eigenvalue weighted by atomic mass is 10.2. The summed E-state index contributed by atoms with van der Waals surface area (Å²) in [6.07, 6.45) is 0. The predicted octanol–water partition coefficient (Wildman–Crippen LogP) is 5.46. The largest absolute Gasteiger partial charge is 0.495 e. The number of thioether (sulfide) groups is 1. The van der Waals surface area contributed by atoms with Crippen LogP contribution in [0.25, 0.3) is 16.7 Å². The lowest BCUT2D eigenvalue weighted by molar-refractivity contribution is -0.113. The number of nitrogens with one attached hydrogen (secondary N) is 1. The van der Waals surface area contributed by atoms with E-state index in [1.165, 1.54) is 23.2 Å². The Bertz CT molecular complexity index is 1600. The number of methoxy groups -OCH3 is 2. The lowest BCUT2D eigenvalue weighted by Crippen LogP contribution is -2.30. The molecule has 4 aromatic rings. The summed E-state index contributed by atoms with van der Waals surface area (Å²) in [6.45, 7) is 4.33. The van der Waals surface area contributed by atoms with Crippen LogP contribution in [-0.4, -0.2) is 61.2 Å². The Morgan fingerprint density at radius 1 is 1.03 bits per heavy atom. The van der Waals surface area contributed by atoms with E-state index in [-0.39, 0.29) is 16.6 Å². The van der Waals surface area contributed by atoms with Crippen molar-refractivity contribution in [1.82, 2.24) is 13.9 Å².